The molecule has 4 unspecified atom stereocenters. The molecule has 5 saturated heterocycles. The van der Waals surface area contributed by atoms with Crippen LogP contribution in [0.2, 0.25) is 0 Å². The van der Waals surface area contributed by atoms with Crippen LogP contribution in [0.5, 0.6) is 0 Å². The van der Waals surface area contributed by atoms with Gasteiger partial charge in [-0.2, -0.15) is 19.9 Å². The van der Waals surface area contributed by atoms with Gasteiger partial charge in [-0.1, -0.05) is 68.4 Å². The lowest BCUT2D eigenvalue weighted by Crippen LogP contribution is -2.36. The number of piperidine rings is 2. The number of aliphatic hydroxyl groups excluding tert-OH is 11. The summed E-state index contributed by atoms with van der Waals surface area (Å²) in [6.45, 7) is 10.8. The van der Waals surface area contributed by atoms with Gasteiger partial charge < -0.3 is 123 Å². The normalized spacial score (nSPS) is 22.4. The maximum absolute atomic E-state index is 11.7. The van der Waals surface area contributed by atoms with Crippen molar-refractivity contribution in [3.63, 3.8) is 0 Å². The minimum absolute atomic E-state index is 0. The van der Waals surface area contributed by atoms with Crippen LogP contribution in [0, 0.1) is 0 Å². The first-order valence-electron chi connectivity index (χ1n) is 39.4. The first-order valence-corrected chi connectivity index (χ1v) is 41.5. The molecule has 15 rings (SSSR count). The molecule has 5 aliphatic heterocycles. The minimum atomic E-state index is -2.00. The molecule has 2 aromatic carbocycles. The average molecular weight is 1730 g/mol. The van der Waals surface area contributed by atoms with Gasteiger partial charge in [0.05, 0.1) is 56.9 Å². The first kappa shape index (κ1) is 93.0. The number of nitrogens with one attached hydrogen (secondary N) is 1. The van der Waals surface area contributed by atoms with E-state index in [9.17, 15) is 60.1 Å². The zero-order chi connectivity index (χ0) is 83.8. The fourth-order valence-corrected chi connectivity index (χ4v) is 15.7. The Morgan fingerprint density at radius 1 is 0.517 bits per heavy atom. The van der Waals surface area contributed by atoms with Crippen molar-refractivity contribution < 1.29 is 83.9 Å². The van der Waals surface area contributed by atoms with E-state index in [0.29, 0.717) is 105 Å². The molecule has 0 bridgehead atoms. The predicted molar refractivity (Wildman–Crippen MR) is 450 cm³/mol. The number of ketones is 1. The molecule has 45 heteroatoms. The number of ether oxygens (including phenoxy) is 3. The summed E-state index contributed by atoms with van der Waals surface area (Å²) >= 11 is -0.631. The van der Waals surface area contributed by atoms with Gasteiger partial charge in [0.25, 0.3) is 0 Å². The van der Waals surface area contributed by atoms with Crippen molar-refractivity contribution in [2.24, 2.45) is 0 Å². The van der Waals surface area contributed by atoms with Gasteiger partial charge in [0.2, 0.25) is 17.8 Å². The van der Waals surface area contributed by atoms with E-state index in [1.165, 1.54) is 81.7 Å². The number of hydrogen-bond donors (Lipinski definition) is 17. The summed E-state index contributed by atoms with van der Waals surface area (Å²) in [7, 11) is 0. The minimum Gasteiger partial charge on any atom is -0.395 e. The zero-order valence-electron chi connectivity index (χ0n) is 66.8. The Hall–Kier alpha value is -9.27. The van der Waals surface area contributed by atoms with Crippen LogP contribution in [0.3, 0.4) is 0 Å². The van der Waals surface area contributed by atoms with Crippen LogP contribution < -0.4 is 48.3 Å². The van der Waals surface area contributed by atoms with E-state index < -0.39 is 97.9 Å². The van der Waals surface area contributed by atoms with Crippen molar-refractivity contribution in [2.45, 2.75) is 175 Å². The van der Waals surface area contributed by atoms with Crippen LogP contribution in [0.25, 0.3) is 44.5 Å². The quantitative estimate of drug-likeness (QED) is 0.0178. The Balaban J connectivity index is 0.000000170. The number of rotatable bonds is 29. The predicted octanol–water partition coefficient (Wildman–Crippen LogP) is 1.16. The number of nitrogen functional groups attached to an aromatic ring is 3. The molecular weight excluding hydrogens is 1620 g/mol. The number of thioether (sulfide) groups is 1. The molecule has 0 spiro atoms. The smallest absolute Gasteiger partial charge is 0.228 e. The Labute approximate surface area is 703 Å². The first-order chi connectivity index (χ1) is 57.1. The van der Waals surface area contributed by atoms with E-state index >= 15 is 0 Å². The van der Waals surface area contributed by atoms with Crippen LogP contribution in [-0.4, -0.2) is 302 Å². The number of halogens is 1. The van der Waals surface area contributed by atoms with Crippen LogP contribution in [-0.2, 0) is 49.3 Å². The topological polar surface area (TPSA) is 625 Å². The number of Topliss-reactive ketones (excluding diaryl/α,β-unsaturated/α-hetero) is 1. The molecule has 0 amide bonds. The maximum Gasteiger partial charge on any atom is 0.228 e. The van der Waals surface area contributed by atoms with Crippen molar-refractivity contribution in [3.05, 3.63) is 90.5 Å². The number of anilines is 8. The van der Waals surface area contributed by atoms with E-state index in [-0.39, 0.29) is 61.6 Å². The van der Waals surface area contributed by atoms with Gasteiger partial charge in [0, 0.05) is 64.7 Å². The largest absolute Gasteiger partial charge is 0.395 e. The Bertz CT molecular complexity index is 4900. The summed E-state index contributed by atoms with van der Waals surface area (Å²) in [5, 5.41) is 112. The Morgan fingerprint density at radius 3 is 1.43 bits per heavy atom. The van der Waals surface area contributed by atoms with Gasteiger partial charge in [-0.25, -0.2) is 49.1 Å². The van der Waals surface area contributed by atoms with E-state index in [1.54, 1.807) is 24.3 Å². The van der Waals surface area contributed by atoms with Crippen molar-refractivity contribution in [1.29, 1.82) is 0 Å². The lowest BCUT2D eigenvalue weighted by Gasteiger charge is -2.33. The highest BCUT2D eigenvalue weighted by Crippen LogP contribution is 2.39. The van der Waals surface area contributed by atoms with Crippen molar-refractivity contribution in [2.75, 3.05) is 140 Å². The van der Waals surface area contributed by atoms with Crippen LogP contribution in [0.4, 0.5) is 46.9 Å². The highest BCUT2D eigenvalue weighted by molar-refractivity contribution is 7.99. The standard InChI is InChI=1S/C25H42N8O3.C22H28N6O4.C18H21N5O6S2.C10H13N5O4.ClH.H3N/c1-2-9-32(14-17-34)24-26-20-21(22(28-24)30-10-5-3-6-11-30)27-25(33(15-18-35)16-19-36)29-23(20)31-12-7-4-8-13-31;1-3-4-13-5-7-14(8-6-13)9-10-24-22-26-19(23)15-20(27-22)28(11-25-15)21-17(31)16(30)18(32-21)12(2)29;19-15-12-16(23(8-20-12)17-14(26)13(25)11(7-24)29-17)22-18(21-15)30-6-5-9-1-3-10(4-2-9)31(27)28;11-8-5-9(13-2-12-8)15(3-14-5)10-7(18)6(17)4(1-16)19-10;;/h34-36H,2-19H2,1H3;5-8,11,16-18,21,30-31H,3-4,9-10H2,1-2H3,(H3,23,24,26,27);1-4,8,11,13-14,17,24-26H,5-7H2,(H,27,28)(H2,19,21,22);2-4,6-7,10,16-18H,1H2,(H2,11,12,13);1H;1H3/t;16?,17-,18+,21+;11-,13?,14+,17-;4-,6?,7+,10-;;/m.011../s1. The molecular formula is C75H108ClN25O17S2. The number of benzene rings is 2. The number of fused-ring (bicyclic) bond motifs is 4. The second kappa shape index (κ2) is 43.5. The van der Waals surface area contributed by atoms with Crippen molar-refractivity contribution >= 4 is 132 Å². The van der Waals surface area contributed by atoms with Crippen molar-refractivity contribution in [1.82, 2.24) is 84.6 Å². The molecule has 0 aliphatic carbocycles. The number of aromatic nitrogens is 16. The van der Waals surface area contributed by atoms with Gasteiger partial charge in [-0.3, -0.25) is 18.5 Å². The van der Waals surface area contributed by atoms with E-state index in [0.717, 1.165) is 107 Å². The molecule has 8 aromatic heterocycles. The molecule has 120 heavy (non-hydrogen) atoms. The van der Waals surface area contributed by atoms with E-state index in [1.807, 2.05) is 9.80 Å². The molecule has 13 atom stereocenters. The highest BCUT2D eigenvalue weighted by Gasteiger charge is 2.48. The van der Waals surface area contributed by atoms with Crippen LogP contribution in [0.15, 0.2) is 83.9 Å². The number of nitrogens with zero attached hydrogens (tertiary/aromatic N) is 20. The number of hydrogen-bond acceptors (Lipinski definition) is 39. The summed E-state index contributed by atoms with van der Waals surface area (Å²) in [6, 6.07) is 15.3. The average Bonchev–Trinajstić information content (AvgIpc) is 1.21. The number of aliphatic hydroxyl groups is 11. The number of nitrogens with two attached hydrogens (primary N) is 3. The molecule has 13 heterocycles. The second-order valence-corrected chi connectivity index (χ2v) is 31.0. The molecule has 5 fully saturated rings. The van der Waals surface area contributed by atoms with Crippen LogP contribution in [0.1, 0.15) is 108 Å². The number of carbonyl (C=O) groups is 1. The number of aryl methyl sites for hydroxylation is 2. The molecule has 42 nitrogen and oxygen atoms in total. The molecule has 10 aromatic rings. The summed E-state index contributed by atoms with van der Waals surface area (Å²) in [5.74, 6) is 3.84. The Kier molecular flexibility index (Phi) is 33.7. The molecule has 22 N–H and O–H groups in total. The van der Waals surface area contributed by atoms with Crippen LogP contribution >= 0.6 is 24.2 Å². The lowest BCUT2D eigenvalue weighted by atomic mass is 10.1. The monoisotopic (exact) mass is 1730 g/mol. The molecule has 0 radical (unpaired) electrons. The second-order valence-electron chi connectivity index (χ2n) is 28.9. The fourth-order valence-electron chi connectivity index (χ4n) is 14.5. The summed E-state index contributed by atoms with van der Waals surface area (Å²) in [5.41, 5.74) is 24.9. The molecule has 0 saturated carbocycles. The van der Waals surface area contributed by atoms with Gasteiger partial charge in [0.15, 0.2) is 86.7 Å². The zero-order valence-corrected chi connectivity index (χ0v) is 69.2. The lowest BCUT2D eigenvalue weighted by molar-refractivity contribution is -0.133. The van der Waals surface area contributed by atoms with Gasteiger partial charge in [-0.05, 0) is 100.0 Å². The van der Waals surface area contributed by atoms with Gasteiger partial charge in [0.1, 0.15) is 88.8 Å². The number of carbonyl (C=O) groups excluding carboxylic acids is 1. The molecule has 654 valence electrons. The molecule has 5 aliphatic rings. The summed E-state index contributed by atoms with van der Waals surface area (Å²) in [4.78, 5) is 78.3. The maximum atomic E-state index is 11.7. The fraction of sp³-hybridized carbons (Fsp3) is 0.547. The Morgan fingerprint density at radius 2 is 0.967 bits per heavy atom. The highest BCUT2D eigenvalue weighted by atomic mass is 35.5. The summed E-state index contributed by atoms with van der Waals surface area (Å²) in [6.07, 6.45) is 3.59. The van der Waals surface area contributed by atoms with Gasteiger partial charge >= 0.3 is 0 Å². The van der Waals surface area contributed by atoms with E-state index in [2.05, 4.69) is 98.1 Å². The summed E-state index contributed by atoms with van der Waals surface area (Å²) < 4.78 is 41.1. The third kappa shape index (κ3) is 21.4. The third-order valence-electron chi connectivity index (χ3n) is 20.7. The SMILES string of the molecule is CCCN(CCO)c1nc(N2CCCCC2)c2nc(N(CCO)CCO)nc(N3CCCCC3)c2n1.CCCc1ccc(CCNc2nc(N)c3ncn([C@@H]4O[C@H](C(C)=O)C(O)[C@@H]4O)c3n2)cc1.Cl.N.Nc1nc(SCCc2ccc(S(=O)O)cc2)nc2c1ncn2[C@@H]1O[C@H](CO)C(O)[C@@H]1O.Nc1ncnc2c1ncn2[C@@H]1O[C@H](CO)C(O)[C@@H]1O. The van der Waals surface area contributed by atoms with Gasteiger partial charge in [-0.15, -0.1) is 12.4 Å². The number of imidazole rings is 3. The van der Waals surface area contributed by atoms with Crippen molar-refractivity contribution in [3.8, 4) is 0 Å². The third-order valence-corrected chi connectivity index (χ3v) is 22.3. The van der Waals surface area contributed by atoms with E-state index in [4.69, 9.17) is 61.0 Å².